The monoisotopic (exact) mass is 315 g/mol. The second-order valence-electron chi connectivity index (χ2n) is 6.81. The maximum atomic E-state index is 13.1. The lowest BCUT2D eigenvalue weighted by Gasteiger charge is -2.41. The molecule has 1 aromatic carbocycles. The number of anilines is 1. The molecule has 1 aromatic rings. The highest BCUT2D eigenvalue weighted by atomic mass is 16.2. The van der Waals surface area contributed by atoms with Crippen molar-refractivity contribution in [1.82, 2.24) is 9.80 Å². The normalized spacial score (nSPS) is 24.1. The van der Waals surface area contributed by atoms with Gasteiger partial charge in [-0.25, -0.2) is 0 Å². The summed E-state index contributed by atoms with van der Waals surface area (Å²) in [4.78, 5) is 29.3. The Morgan fingerprint density at radius 2 is 2.04 bits per heavy atom. The smallest absolute Gasteiger partial charge is 0.256 e. The summed E-state index contributed by atoms with van der Waals surface area (Å²) < 4.78 is 0. The maximum Gasteiger partial charge on any atom is 0.256 e. The van der Waals surface area contributed by atoms with E-state index in [1.165, 1.54) is 0 Å². The third-order valence-corrected chi connectivity index (χ3v) is 4.76. The predicted octanol–water partition coefficient (Wildman–Crippen LogP) is 2.34. The summed E-state index contributed by atoms with van der Waals surface area (Å²) in [7, 11) is 0. The summed E-state index contributed by atoms with van der Waals surface area (Å²) in [5.41, 5.74) is 1.48. The van der Waals surface area contributed by atoms with E-state index in [1.54, 1.807) is 4.90 Å². The van der Waals surface area contributed by atoms with Crippen molar-refractivity contribution in [1.29, 1.82) is 0 Å². The Labute approximate surface area is 137 Å². The topological polar surface area (TPSA) is 52.7 Å². The van der Waals surface area contributed by atoms with Crippen LogP contribution < -0.4 is 5.32 Å². The van der Waals surface area contributed by atoms with Gasteiger partial charge in [-0.15, -0.1) is 0 Å². The van der Waals surface area contributed by atoms with E-state index >= 15 is 0 Å². The van der Waals surface area contributed by atoms with Crippen LogP contribution in [0.2, 0.25) is 0 Å². The van der Waals surface area contributed by atoms with E-state index in [4.69, 9.17) is 0 Å². The average Bonchev–Trinajstić information content (AvgIpc) is 2.99. The van der Waals surface area contributed by atoms with Crippen molar-refractivity contribution >= 4 is 17.5 Å². The van der Waals surface area contributed by atoms with Crippen LogP contribution in [0.1, 0.15) is 44.0 Å². The van der Waals surface area contributed by atoms with E-state index in [0.717, 1.165) is 25.1 Å². The lowest BCUT2D eigenvalue weighted by molar-refractivity contribution is -0.141. The lowest BCUT2D eigenvalue weighted by Crippen LogP contribution is -2.60. The highest BCUT2D eigenvalue weighted by Gasteiger charge is 2.42. The van der Waals surface area contributed by atoms with Crippen molar-refractivity contribution in [3.8, 4) is 0 Å². The highest BCUT2D eigenvalue weighted by molar-refractivity contribution is 6.02. The molecule has 2 aliphatic rings. The maximum absolute atomic E-state index is 13.1. The number of nitrogens with zero attached hydrogens (tertiary/aromatic N) is 2. The number of carbonyl (C=O) groups is 2. The molecule has 124 valence electrons. The van der Waals surface area contributed by atoms with Gasteiger partial charge in [0.1, 0.15) is 6.04 Å². The summed E-state index contributed by atoms with van der Waals surface area (Å²) in [6.45, 7) is 7.41. The van der Waals surface area contributed by atoms with Crippen LogP contribution in [0, 0.1) is 0 Å². The molecule has 0 aliphatic carbocycles. The van der Waals surface area contributed by atoms with E-state index in [-0.39, 0.29) is 29.9 Å². The lowest BCUT2D eigenvalue weighted by atomic mass is 10.0. The number of hydrogen-bond acceptors (Lipinski definition) is 3. The van der Waals surface area contributed by atoms with Crippen LogP contribution in [0.15, 0.2) is 24.3 Å². The molecule has 5 nitrogen and oxygen atoms in total. The third kappa shape index (κ3) is 2.92. The quantitative estimate of drug-likeness (QED) is 0.931. The zero-order chi connectivity index (χ0) is 16.6. The summed E-state index contributed by atoms with van der Waals surface area (Å²) in [6, 6.07) is 7.60. The molecule has 2 amide bonds. The Balaban J connectivity index is 1.87. The number of fused-ring (bicyclic) bond motifs is 1. The minimum atomic E-state index is -0.385. The second-order valence-corrected chi connectivity index (χ2v) is 6.81. The summed E-state index contributed by atoms with van der Waals surface area (Å²) in [6.07, 6.45) is 2.03. The Hall–Kier alpha value is -2.04. The fourth-order valence-corrected chi connectivity index (χ4v) is 3.59. The first kappa shape index (κ1) is 15.8. The number of nitrogens with one attached hydrogen (secondary N) is 1. The predicted molar refractivity (Wildman–Crippen MR) is 90.4 cm³/mol. The van der Waals surface area contributed by atoms with Gasteiger partial charge >= 0.3 is 0 Å². The van der Waals surface area contributed by atoms with Crippen LogP contribution in [-0.2, 0) is 4.79 Å². The van der Waals surface area contributed by atoms with Gasteiger partial charge in [-0.05, 0) is 45.7 Å². The van der Waals surface area contributed by atoms with E-state index in [0.29, 0.717) is 12.1 Å². The van der Waals surface area contributed by atoms with Gasteiger partial charge in [-0.3, -0.25) is 9.59 Å². The molecular formula is C18H25N3O2. The number of amides is 2. The third-order valence-electron chi connectivity index (χ3n) is 4.76. The van der Waals surface area contributed by atoms with Crippen molar-refractivity contribution in [3.63, 3.8) is 0 Å². The van der Waals surface area contributed by atoms with Crippen LogP contribution in [0.3, 0.4) is 0 Å². The highest BCUT2D eigenvalue weighted by Crippen LogP contribution is 2.28. The number of rotatable bonds is 3. The fourth-order valence-electron chi connectivity index (χ4n) is 3.59. The number of hydrogen-bond donors (Lipinski definition) is 1. The first-order chi connectivity index (χ1) is 11.0. The van der Waals surface area contributed by atoms with Gasteiger partial charge in [0, 0.05) is 30.9 Å². The van der Waals surface area contributed by atoms with Crippen molar-refractivity contribution in [2.24, 2.45) is 0 Å². The van der Waals surface area contributed by atoms with Crippen LogP contribution in [-0.4, -0.2) is 52.8 Å². The van der Waals surface area contributed by atoms with Crippen molar-refractivity contribution in [2.75, 3.05) is 18.4 Å². The molecule has 0 bridgehead atoms. The van der Waals surface area contributed by atoms with Crippen LogP contribution in [0.25, 0.3) is 0 Å². The minimum Gasteiger partial charge on any atom is -0.382 e. The van der Waals surface area contributed by atoms with Gasteiger partial charge in [0.25, 0.3) is 5.91 Å². The molecule has 2 saturated heterocycles. The Bertz CT molecular complexity index is 614. The number of carbonyl (C=O) groups excluding carboxylic acids is 2. The largest absolute Gasteiger partial charge is 0.382 e. The Morgan fingerprint density at radius 1 is 1.30 bits per heavy atom. The van der Waals surface area contributed by atoms with Crippen molar-refractivity contribution < 1.29 is 9.59 Å². The number of piperazine rings is 1. The number of para-hydroxylation sites is 1. The number of benzene rings is 1. The molecular weight excluding hydrogens is 290 g/mol. The Kier molecular flexibility index (Phi) is 4.28. The molecule has 2 aliphatic heterocycles. The van der Waals surface area contributed by atoms with Crippen LogP contribution >= 0.6 is 0 Å². The molecule has 3 rings (SSSR count). The van der Waals surface area contributed by atoms with Gasteiger partial charge in [-0.1, -0.05) is 12.1 Å². The molecule has 2 fully saturated rings. The summed E-state index contributed by atoms with van der Waals surface area (Å²) >= 11 is 0. The average molecular weight is 315 g/mol. The zero-order valence-electron chi connectivity index (χ0n) is 14.1. The standard InChI is InChI=1S/C18H25N3O2/c1-12(2)19-16-9-5-4-8-15(16)18(23)21-11-14-7-6-10-20(14)17(22)13(21)3/h4-5,8-9,12-14,19H,6-7,10-11H2,1-3H3/t13-,14-/m0/s1. The minimum absolute atomic E-state index is 0.0545. The SMILES string of the molecule is CC(C)Nc1ccccc1C(=O)N1C[C@@H]2CCCN2C(=O)[C@@H]1C. The first-order valence-corrected chi connectivity index (χ1v) is 8.46. The molecule has 0 unspecified atom stereocenters. The Morgan fingerprint density at radius 3 is 2.78 bits per heavy atom. The van der Waals surface area contributed by atoms with E-state index in [9.17, 15) is 9.59 Å². The molecule has 0 saturated carbocycles. The fraction of sp³-hybridized carbons (Fsp3) is 0.556. The molecule has 2 atom stereocenters. The van der Waals surface area contributed by atoms with Crippen LogP contribution in [0.5, 0.6) is 0 Å². The molecule has 1 N–H and O–H groups in total. The molecule has 5 heteroatoms. The summed E-state index contributed by atoms with van der Waals surface area (Å²) in [5, 5.41) is 3.32. The summed E-state index contributed by atoms with van der Waals surface area (Å²) in [5.74, 6) is 0.0301. The van der Waals surface area contributed by atoms with Gasteiger partial charge < -0.3 is 15.1 Å². The first-order valence-electron chi connectivity index (χ1n) is 8.46. The molecule has 0 radical (unpaired) electrons. The molecule has 2 heterocycles. The molecule has 0 aromatic heterocycles. The van der Waals surface area contributed by atoms with E-state index in [2.05, 4.69) is 5.32 Å². The molecule has 0 spiro atoms. The van der Waals surface area contributed by atoms with Gasteiger partial charge in [0.15, 0.2) is 0 Å². The van der Waals surface area contributed by atoms with Crippen LogP contribution in [0.4, 0.5) is 5.69 Å². The van der Waals surface area contributed by atoms with E-state index in [1.807, 2.05) is 49.9 Å². The second kappa shape index (κ2) is 6.22. The molecule has 23 heavy (non-hydrogen) atoms. The van der Waals surface area contributed by atoms with Gasteiger partial charge in [-0.2, -0.15) is 0 Å². The van der Waals surface area contributed by atoms with Crippen molar-refractivity contribution in [2.45, 2.75) is 51.7 Å². The van der Waals surface area contributed by atoms with Crippen molar-refractivity contribution in [3.05, 3.63) is 29.8 Å². The van der Waals surface area contributed by atoms with Gasteiger partial charge in [0.2, 0.25) is 5.91 Å². The van der Waals surface area contributed by atoms with E-state index < -0.39 is 0 Å². The zero-order valence-corrected chi connectivity index (χ0v) is 14.1. The van der Waals surface area contributed by atoms with Gasteiger partial charge in [0.05, 0.1) is 5.56 Å².